The number of benzene rings is 2. The SMILES string of the molecule is CC(C)Cc1ccc(S(=O)(=O)NC(C)c2ccc(C(C)(C)C)cc2)cc1. The molecule has 0 radical (unpaired) electrons. The van der Waals surface area contributed by atoms with Crippen LogP contribution in [0.15, 0.2) is 53.4 Å². The van der Waals surface area contributed by atoms with E-state index >= 15 is 0 Å². The zero-order valence-corrected chi connectivity index (χ0v) is 17.5. The molecule has 0 heterocycles. The van der Waals surface area contributed by atoms with E-state index in [2.05, 4.69) is 51.5 Å². The summed E-state index contributed by atoms with van der Waals surface area (Å²) in [6, 6.07) is 15.0. The van der Waals surface area contributed by atoms with Crippen molar-refractivity contribution in [2.45, 2.75) is 64.3 Å². The summed E-state index contributed by atoms with van der Waals surface area (Å²) in [7, 11) is -3.54. The van der Waals surface area contributed by atoms with Gasteiger partial charge in [0.2, 0.25) is 10.0 Å². The van der Waals surface area contributed by atoms with Crippen LogP contribution in [0.3, 0.4) is 0 Å². The van der Waals surface area contributed by atoms with Crippen molar-refractivity contribution in [3.8, 4) is 0 Å². The van der Waals surface area contributed by atoms with Crippen LogP contribution in [0.4, 0.5) is 0 Å². The fourth-order valence-corrected chi connectivity index (χ4v) is 4.15. The first kappa shape index (κ1) is 20.7. The lowest BCUT2D eigenvalue weighted by atomic mass is 9.86. The van der Waals surface area contributed by atoms with Crippen LogP contribution in [0.2, 0.25) is 0 Å². The van der Waals surface area contributed by atoms with E-state index in [-0.39, 0.29) is 11.5 Å². The maximum Gasteiger partial charge on any atom is 0.241 e. The predicted octanol–water partition coefficient (Wildman–Crippen LogP) is 5.22. The van der Waals surface area contributed by atoms with E-state index in [1.54, 1.807) is 12.1 Å². The molecule has 0 amide bonds. The average molecular weight is 374 g/mol. The third kappa shape index (κ3) is 5.42. The Morgan fingerprint density at radius 1 is 0.885 bits per heavy atom. The fraction of sp³-hybridized carbons (Fsp3) is 0.455. The minimum absolute atomic E-state index is 0.0823. The molecule has 4 heteroatoms. The van der Waals surface area contributed by atoms with Gasteiger partial charge >= 0.3 is 0 Å². The molecule has 2 rings (SSSR count). The third-order valence-electron chi connectivity index (χ3n) is 4.49. The van der Waals surface area contributed by atoms with E-state index in [9.17, 15) is 8.42 Å². The Kier molecular flexibility index (Phi) is 6.30. The molecular formula is C22H31NO2S. The standard InChI is InChI=1S/C22H31NO2S/c1-16(2)15-18-7-13-21(14-8-18)26(24,25)23-17(3)19-9-11-20(12-10-19)22(4,5)6/h7-14,16-17,23H,15H2,1-6H3. The van der Waals surface area contributed by atoms with Gasteiger partial charge in [0.15, 0.2) is 0 Å². The van der Waals surface area contributed by atoms with E-state index in [0.29, 0.717) is 10.8 Å². The molecule has 1 atom stereocenters. The summed E-state index contributed by atoms with van der Waals surface area (Å²) in [6.45, 7) is 12.7. The van der Waals surface area contributed by atoms with Gasteiger partial charge in [0, 0.05) is 6.04 Å². The molecule has 3 nitrogen and oxygen atoms in total. The maximum atomic E-state index is 12.7. The van der Waals surface area contributed by atoms with Gasteiger partial charge in [-0.05, 0) is 53.5 Å². The molecule has 0 aliphatic rings. The summed E-state index contributed by atoms with van der Waals surface area (Å²) >= 11 is 0. The molecule has 0 aliphatic heterocycles. The van der Waals surface area contributed by atoms with Gasteiger partial charge in [-0.25, -0.2) is 13.1 Å². The van der Waals surface area contributed by atoms with E-state index in [0.717, 1.165) is 17.5 Å². The van der Waals surface area contributed by atoms with Crippen LogP contribution < -0.4 is 4.72 Å². The minimum atomic E-state index is -3.54. The van der Waals surface area contributed by atoms with Gasteiger partial charge in [-0.1, -0.05) is 71.0 Å². The van der Waals surface area contributed by atoms with E-state index < -0.39 is 10.0 Å². The van der Waals surface area contributed by atoms with Crippen LogP contribution in [0.1, 0.15) is 64.3 Å². The predicted molar refractivity (Wildman–Crippen MR) is 109 cm³/mol. The quantitative estimate of drug-likeness (QED) is 0.754. The monoisotopic (exact) mass is 373 g/mol. The Morgan fingerprint density at radius 3 is 1.88 bits per heavy atom. The van der Waals surface area contributed by atoms with Crippen molar-refractivity contribution in [2.24, 2.45) is 5.92 Å². The lowest BCUT2D eigenvalue weighted by Gasteiger charge is -2.20. The van der Waals surface area contributed by atoms with Crippen molar-refractivity contribution in [2.75, 3.05) is 0 Å². The Labute approximate surface area is 158 Å². The van der Waals surface area contributed by atoms with Gasteiger partial charge < -0.3 is 0 Å². The van der Waals surface area contributed by atoms with Crippen molar-refractivity contribution >= 4 is 10.0 Å². The highest BCUT2D eigenvalue weighted by molar-refractivity contribution is 7.89. The highest BCUT2D eigenvalue weighted by atomic mass is 32.2. The van der Waals surface area contributed by atoms with Gasteiger partial charge in [-0.3, -0.25) is 0 Å². The topological polar surface area (TPSA) is 46.2 Å². The molecule has 2 aromatic rings. The van der Waals surface area contributed by atoms with Gasteiger partial charge in [0.25, 0.3) is 0 Å². The van der Waals surface area contributed by atoms with Gasteiger partial charge in [-0.15, -0.1) is 0 Å². The van der Waals surface area contributed by atoms with E-state index in [1.807, 2.05) is 31.2 Å². The molecule has 0 spiro atoms. The fourth-order valence-electron chi connectivity index (χ4n) is 2.92. The second-order valence-electron chi connectivity index (χ2n) is 8.46. The highest BCUT2D eigenvalue weighted by Gasteiger charge is 2.19. The van der Waals surface area contributed by atoms with Crippen LogP contribution in [-0.2, 0) is 21.9 Å². The molecule has 0 aromatic heterocycles. The Bertz CT molecular complexity index is 814. The first-order valence-corrected chi connectivity index (χ1v) is 10.7. The molecule has 0 aliphatic carbocycles. The van der Waals surface area contributed by atoms with Gasteiger partial charge in [-0.2, -0.15) is 0 Å². The summed E-state index contributed by atoms with van der Waals surface area (Å²) in [6.07, 6.45) is 0.949. The number of hydrogen-bond donors (Lipinski definition) is 1. The largest absolute Gasteiger partial charge is 0.241 e. The summed E-state index contributed by atoms with van der Waals surface area (Å²) in [4.78, 5) is 0.308. The molecule has 2 aromatic carbocycles. The van der Waals surface area contributed by atoms with Crippen molar-refractivity contribution in [3.05, 3.63) is 65.2 Å². The first-order valence-electron chi connectivity index (χ1n) is 9.21. The number of nitrogens with one attached hydrogen (secondary N) is 1. The van der Waals surface area contributed by atoms with Crippen molar-refractivity contribution < 1.29 is 8.42 Å². The van der Waals surface area contributed by atoms with Crippen LogP contribution in [0.25, 0.3) is 0 Å². The van der Waals surface area contributed by atoms with Crippen molar-refractivity contribution in [1.82, 2.24) is 4.72 Å². The van der Waals surface area contributed by atoms with Crippen molar-refractivity contribution in [3.63, 3.8) is 0 Å². The van der Waals surface area contributed by atoms with Crippen LogP contribution in [-0.4, -0.2) is 8.42 Å². The normalized spacial score (nSPS) is 13.8. The zero-order chi connectivity index (χ0) is 19.5. The van der Waals surface area contributed by atoms with E-state index in [4.69, 9.17) is 0 Å². The van der Waals surface area contributed by atoms with Crippen LogP contribution >= 0.6 is 0 Å². The smallest absolute Gasteiger partial charge is 0.207 e. The van der Waals surface area contributed by atoms with E-state index in [1.165, 1.54) is 5.56 Å². The van der Waals surface area contributed by atoms with Gasteiger partial charge in [0.1, 0.15) is 0 Å². The Morgan fingerprint density at radius 2 is 1.42 bits per heavy atom. The van der Waals surface area contributed by atoms with Crippen LogP contribution in [0.5, 0.6) is 0 Å². The highest BCUT2D eigenvalue weighted by Crippen LogP contribution is 2.24. The number of rotatable bonds is 6. The molecule has 26 heavy (non-hydrogen) atoms. The summed E-state index contributed by atoms with van der Waals surface area (Å²) < 4.78 is 28.1. The number of hydrogen-bond acceptors (Lipinski definition) is 2. The lowest BCUT2D eigenvalue weighted by Crippen LogP contribution is -2.27. The molecule has 0 saturated carbocycles. The van der Waals surface area contributed by atoms with Crippen LogP contribution in [0, 0.1) is 5.92 Å². The summed E-state index contributed by atoms with van der Waals surface area (Å²) in [5.41, 5.74) is 3.43. The first-order chi connectivity index (χ1) is 12.0. The molecule has 1 unspecified atom stereocenters. The molecule has 0 bridgehead atoms. The third-order valence-corrected chi connectivity index (χ3v) is 6.04. The number of sulfonamides is 1. The minimum Gasteiger partial charge on any atom is -0.207 e. The Hall–Kier alpha value is -1.65. The second-order valence-corrected chi connectivity index (χ2v) is 10.2. The molecule has 142 valence electrons. The average Bonchev–Trinajstić information content (AvgIpc) is 2.53. The maximum absolute atomic E-state index is 12.7. The second kappa shape index (κ2) is 7.93. The molecule has 0 fully saturated rings. The zero-order valence-electron chi connectivity index (χ0n) is 16.7. The molecular weight excluding hydrogens is 342 g/mol. The summed E-state index contributed by atoms with van der Waals surface area (Å²) in [5.74, 6) is 0.548. The molecule has 0 saturated heterocycles. The van der Waals surface area contributed by atoms with Gasteiger partial charge in [0.05, 0.1) is 4.90 Å². The molecule has 1 N–H and O–H groups in total. The Balaban J connectivity index is 2.13. The summed E-state index contributed by atoms with van der Waals surface area (Å²) in [5, 5.41) is 0. The lowest BCUT2D eigenvalue weighted by molar-refractivity contribution is 0.565. The van der Waals surface area contributed by atoms with Crippen molar-refractivity contribution in [1.29, 1.82) is 0 Å².